The summed E-state index contributed by atoms with van der Waals surface area (Å²) in [6.07, 6.45) is 6.81. The maximum atomic E-state index is 12.0. The van der Waals surface area contributed by atoms with Gasteiger partial charge in [-0.3, -0.25) is 15.0 Å². The first-order valence-electron chi connectivity index (χ1n) is 8.74. The maximum Gasteiger partial charge on any atom is 0.321 e. The zero-order valence-corrected chi connectivity index (χ0v) is 13.3. The van der Waals surface area contributed by atoms with E-state index in [0.717, 1.165) is 51.4 Å². The number of likely N-dealkylation sites (tertiary alicyclic amines) is 1. The molecular formula is C16H28N4O2. The number of hydrogen-bond acceptors (Lipinski definition) is 4. The Morgan fingerprint density at radius 3 is 2.64 bits per heavy atom. The molecule has 0 aromatic carbocycles. The van der Waals surface area contributed by atoms with Crippen LogP contribution in [0.1, 0.15) is 38.5 Å². The number of piperidine rings is 1. The highest BCUT2D eigenvalue weighted by Gasteiger charge is 2.33. The number of urea groups is 1. The zero-order chi connectivity index (χ0) is 15.4. The van der Waals surface area contributed by atoms with Crippen LogP contribution in [0.5, 0.6) is 0 Å². The standard InChI is InChI=1S/C16H28N4O2/c21-15(19-16(22)18-14-4-2-1-3-5-14)11-20-7-6-12-8-17-9-13(12)10-20/h12-14,17H,1-11H2,(H2,18,19,21,22). The van der Waals surface area contributed by atoms with Gasteiger partial charge in [-0.05, 0) is 50.7 Å². The Morgan fingerprint density at radius 2 is 1.82 bits per heavy atom. The van der Waals surface area contributed by atoms with E-state index < -0.39 is 0 Å². The van der Waals surface area contributed by atoms with Crippen LogP contribution >= 0.6 is 0 Å². The van der Waals surface area contributed by atoms with Gasteiger partial charge in [-0.15, -0.1) is 0 Å². The van der Waals surface area contributed by atoms with E-state index >= 15 is 0 Å². The van der Waals surface area contributed by atoms with Crippen molar-refractivity contribution >= 4 is 11.9 Å². The van der Waals surface area contributed by atoms with E-state index in [1.54, 1.807) is 0 Å². The van der Waals surface area contributed by atoms with Crippen molar-refractivity contribution in [3.63, 3.8) is 0 Å². The van der Waals surface area contributed by atoms with Crippen molar-refractivity contribution < 1.29 is 9.59 Å². The van der Waals surface area contributed by atoms with Crippen molar-refractivity contribution in [2.24, 2.45) is 11.8 Å². The van der Waals surface area contributed by atoms with E-state index in [4.69, 9.17) is 0 Å². The van der Waals surface area contributed by atoms with Crippen LogP contribution in [0, 0.1) is 11.8 Å². The molecule has 2 unspecified atom stereocenters. The molecule has 2 aliphatic heterocycles. The number of nitrogens with zero attached hydrogens (tertiary/aromatic N) is 1. The van der Waals surface area contributed by atoms with Crippen molar-refractivity contribution in [1.82, 2.24) is 20.9 Å². The third-order valence-electron chi connectivity index (χ3n) is 5.35. The number of imide groups is 1. The third-order valence-corrected chi connectivity index (χ3v) is 5.35. The molecule has 6 heteroatoms. The normalized spacial score (nSPS) is 29.8. The second kappa shape index (κ2) is 7.42. The summed E-state index contributed by atoms with van der Waals surface area (Å²) in [5.41, 5.74) is 0. The quantitative estimate of drug-likeness (QED) is 0.717. The predicted molar refractivity (Wildman–Crippen MR) is 84.5 cm³/mol. The molecule has 2 atom stereocenters. The van der Waals surface area contributed by atoms with E-state index in [1.165, 1.54) is 19.3 Å². The molecule has 2 saturated heterocycles. The van der Waals surface area contributed by atoms with Gasteiger partial charge < -0.3 is 10.6 Å². The number of carbonyl (C=O) groups is 2. The average Bonchev–Trinajstić information content (AvgIpc) is 2.95. The van der Waals surface area contributed by atoms with Gasteiger partial charge in [0.1, 0.15) is 0 Å². The lowest BCUT2D eigenvalue weighted by molar-refractivity contribution is -0.121. The smallest absolute Gasteiger partial charge is 0.321 e. The highest BCUT2D eigenvalue weighted by atomic mass is 16.2. The summed E-state index contributed by atoms with van der Waals surface area (Å²) in [5.74, 6) is 1.25. The van der Waals surface area contributed by atoms with Gasteiger partial charge in [-0.25, -0.2) is 4.79 Å². The van der Waals surface area contributed by atoms with Gasteiger partial charge in [0.05, 0.1) is 6.54 Å². The second-order valence-corrected chi connectivity index (χ2v) is 7.06. The summed E-state index contributed by atoms with van der Waals surface area (Å²) in [6.45, 7) is 4.44. The van der Waals surface area contributed by atoms with E-state index in [2.05, 4.69) is 20.9 Å². The first-order valence-corrected chi connectivity index (χ1v) is 8.74. The van der Waals surface area contributed by atoms with Crippen LogP contribution in [0.4, 0.5) is 4.79 Å². The van der Waals surface area contributed by atoms with E-state index in [0.29, 0.717) is 12.5 Å². The minimum atomic E-state index is -0.325. The van der Waals surface area contributed by atoms with Crippen molar-refractivity contribution in [3.05, 3.63) is 0 Å². The largest absolute Gasteiger partial charge is 0.335 e. The fourth-order valence-corrected chi connectivity index (χ4v) is 4.09. The van der Waals surface area contributed by atoms with Crippen LogP contribution in [0.2, 0.25) is 0 Å². The molecule has 0 spiro atoms. The summed E-state index contributed by atoms with van der Waals surface area (Å²) in [4.78, 5) is 26.1. The highest BCUT2D eigenvalue weighted by molar-refractivity contribution is 5.95. The first-order chi connectivity index (χ1) is 10.7. The van der Waals surface area contributed by atoms with Crippen molar-refractivity contribution in [1.29, 1.82) is 0 Å². The van der Waals surface area contributed by atoms with Crippen LogP contribution < -0.4 is 16.0 Å². The zero-order valence-electron chi connectivity index (χ0n) is 13.3. The third kappa shape index (κ3) is 4.20. The molecule has 2 heterocycles. The number of carbonyl (C=O) groups excluding carboxylic acids is 2. The van der Waals surface area contributed by atoms with Crippen molar-refractivity contribution in [3.8, 4) is 0 Å². The molecule has 0 aromatic heterocycles. The van der Waals surface area contributed by atoms with Gasteiger partial charge in [-0.1, -0.05) is 19.3 Å². The topological polar surface area (TPSA) is 73.5 Å². The molecule has 0 radical (unpaired) electrons. The molecule has 3 amide bonds. The van der Waals surface area contributed by atoms with Crippen LogP contribution in [0.3, 0.4) is 0 Å². The maximum absolute atomic E-state index is 12.0. The van der Waals surface area contributed by atoms with E-state index in [-0.39, 0.29) is 18.0 Å². The molecule has 1 saturated carbocycles. The Balaban J connectivity index is 1.37. The Bertz CT molecular complexity index is 409. The summed E-state index contributed by atoms with van der Waals surface area (Å²) >= 11 is 0. The van der Waals surface area contributed by atoms with Crippen LogP contribution in [-0.4, -0.2) is 55.6 Å². The molecule has 3 rings (SSSR count). The molecule has 124 valence electrons. The summed E-state index contributed by atoms with van der Waals surface area (Å²) < 4.78 is 0. The van der Waals surface area contributed by atoms with Crippen LogP contribution in [-0.2, 0) is 4.79 Å². The number of amides is 3. The van der Waals surface area contributed by atoms with Crippen LogP contribution in [0.15, 0.2) is 0 Å². The number of rotatable bonds is 3. The molecular weight excluding hydrogens is 280 g/mol. The van der Waals surface area contributed by atoms with Gasteiger partial charge >= 0.3 is 6.03 Å². The van der Waals surface area contributed by atoms with Gasteiger partial charge in [0, 0.05) is 12.6 Å². The molecule has 3 aliphatic rings. The number of fused-ring (bicyclic) bond motifs is 1. The van der Waals surface area contributed by atoms with Crippen molar-refractivity contribution in [2.45, 2.75) is 44.6 Å². The van der Waals surface area contributed by atoms with Gasteiger partial charge in [0.2, 0.25) is 5.91 Å². The molecule has 6 nitrogen and oxygen atoms in total. The Labute approximate surface area is 132 Å². The monoisotopic (exact) mass is 308 g/mol. The van der Waals surface area contributed by atoms with Gasteiger partial charge in [0.15, 0.2) is 0 Å². The van der Waals surface area contributed by atoms with Gasteiger partial charge in [0.25, 0.3) is 0 Å². The fraction of sp³-hybridized carbons (Fsp3) is 0.875. The lowest BCUT2D eigenvalue weighted by Crippen LogP contribution is -2.50. The minimum absolute atomic E-state index is 0.183. The van der Waals surface area contributed by atoms with Crippen LogP contribution in [0.25, 0.3) is 0 Å². The van der Waals surface area contributed by atoms with E-state index in [9.17, 15) is 9.59 Å². The summed E-state index contributed by atoms with van der Waals surface area (Å²) in [5, 5.41) is 8.84. The lowest BCUT2D eigenvalue weighted by atomic mass is 9.89. The molecule has 0 aromatic rings. The molecule has 3 N–H and O–H groups in total. The lowest BCUT2D eigenvalue weighted by Gasteiger charge is -2.33. The summed E-state index contributed by atoms with van der Waals surface area (Å²) in [7, 11) is 0. The average molecular weight is 308 g/mol. The highest BCUT2D eigenvalue weighted by Crippen LogP contribution is 2.26. The Kier molecular flexibility index (Phi) is 5.31. The minimum Gasteiger partial charge on any atom is -0.335 e. The SMILES string of the molecule is O=C(CN1CCC2CNCC2C1)NC(=O)NC1CCCCC1. The Morgan fingerprint density at radius 1 is 1.05 bits per heavy atom. The number of nitrogens with one attached hydrogen (secondary N) is 3. The molecule has 22 heavy (non-hydrogen) atoms. The summed E-state index contributed by atoms with van der Waals surface area (Å²) in [6, 6.07) is -0.0869. The first kappa shape index (κ1) is 15.7. The van der Waals surface area contributed by atoms with Gasteiger partial charge in [-0.2, -0.15) is 0 Å². The second-order valence-electron chi connectivity index (χ2n) is 7.06. The molecule has 1 aliphatic carbocycles. The Hall–Kier alpha value is -1.14. The predicted octanol–water partition coefficient (Wildman–Crippen LogP) is 0.686. The van der Waals surface area contributed by atoms with Crippen molar-refractivity contribution in [2.75, 3.05) is 32.7 Å². The fourth-order valence-electron chi connectivity index (χ4n) is 4.09. The van der Waals surface area contributed by atoms with E-state index in [1.807, 2.05) is 0 Å². The number of hydrogen-bond donors (Lipinski definition) is 3. The molecule has 0 bridgehead atoms. The molecule has 3 fully saturated rings.